The van der Waals surface area contributed by atoms with E-state index in [9.17, 15) is 19.5 Å². The normalized spacial score (nSPS) is 32.6. The highest BCUT2D eigenvalue weighted by Gasteiger charge is 2.76. The van der Waals surface area contributed by atoms with Crippen molar-refractivity contribution in [3.63, 3.8) is 0 Å². The lowest BCUT2D eigenvalue weighted by Gasteiger charge is -2.40. The summed E-state index contributed by atoms with van der Waals surface area (Å²) in [6.45, 7) is 10.3. The molecule has 1 spiro atoms. The number of nitrogens with one attached hydrogen (secondary N) is 2. The van der Waals surface area contributed by atoms with E-state index >= 15 is 0 Å². The van der Waals surface area contributed by atoms with Gasteiger partial charge < -0.3 is 20.6 Å². The second-order valence-corrected chi connectivity index (χ2v) is 11.6. The van der Waals surface area contributed by atoms with Gasteiger partial charge in [0.15, 0.2) is 0 Å². The van der Waals surface area contributed by atoms with E-state index in [0.717, 1.165) is 29.7 Å². The van der Waals surface area contributed by atoms with Gasteiger partial charge in [-0.2, -0.15) is 0 Å². The van der Waals surface area contributed by atoms with Crippen LogP contribution in [0.3, 0.4) is 0 Å². The third-order valence-electron chi connectivity index (χ3n) is 8.09. The molecule has 3 aliphatic rings. The number of carbonyl (C=O) groups excluding carboxylic acids is 3. The Labute approximate surface area is 206 Å². The Morgan fingerprint density at radius 3 is 2.50 bits per heavy atom. The van der Waals surface area contributed by atoms with E-state index in [0.29, 0.717) is 13.0 Å². The monoisotopic (exact) mass is 487 g/mol. The van der Waals surface area contributed by atoms with Crippen LogP contribution < -0.4 is 10.6 Å². The SMILES string of the molecule is CCCNC(=O)[C@@H]1[C@H]2C(=O)N([C@@H](CC)CO)C(C(=O)Nc3c(C)cccc3C)C23S[C@@H]1CC3C. The number of anilines is 1. The van der Waals surface area contributed by atoms with Crippen molar-refractivity contribution in [1.82, 2.24) is 10.2 Å². The number of hydrogen-bond donors (Lipinski definition) is 3. The minimum atomic E-state index is -0.741. The first-order valence-electron chi connectivity index (χ1n) is 12.5. The molecule has 3 N–H and O–H groups in total. The van der Waals surface area contributed by atoms with E-state index in [1.807, 2.05) is 45.9 Å². The van der Waals surface area contributed by atoms with Gasteiger partial charge in [-0.15, -0.1) is 11.8 Å². The number of thioether (sulfide) groups is 1. The van der Waals surface area contributed by atoms with Crippen LogP contribution in [0.2, 0.25) is 0 Å². The highest BCUT2D eigenvalue weighted by molar-refractivity contribution is 8.02. The quantitative estimate of drug-likeness (QED) is 0.524. The predicted octanol–water partition coefficient (Wildman–Crippen LogP) is 2.88. The van der Waals surface area contributed by atoms with Gasteiger partial charge in [-0.3, -0.25) is 14.4 Å². The fourth-order valence-electron chi connectivity index (χ4n) is 6.44. The molecule has 0 aromatic heterocycles. The van der Waals surface area contributed by atoms with Crippen molar-refractivity contribution in [3.05, 3.63) is 29.3 Å². The summed E-state index contributed by atoms with van der Waals surface area (Å²) in [5.74, 6) is -1.38. The molecule has 2 bridgehead atoms. The number of amides is 3. The molecule has 8 heteroatoms. The molecule has 3 heterocycles. The summed E-state index contributed by atoms with van der Waals surface area (Å²) in [5, 5.41) is 16.3. The Kier molecular flexibility index (Phi) is 7.02. The van der Waals surface area contributed by atoms with E-state index in [1.165, 1.54) is 0 Å². The van der Waals surface area contributed by atoms with Gasteiger partial charge in [-0.05, 0) is 50.2 Å². The molecular formula is C26H37N3O4S. The molecule has 3 amide bonds. The molecule has 7 nitrogen and oxygen atoms in total. The number of aliphatic hydroxyl groups is 1. The van der Waals surface area contributed by atoms with E-state index in [2.05, 4.69) is 17.6 Å². The number of fused-ring (bicyclic) bond motifs is 1. The fourth-order valence-corrected chi connectivity index (χ4v) is 8.84. The molecule has 3 aliphatic heterocycles. The number of nitrogens with zero attached hydrogens (tertiary/aromatic N) is 1. The van der Waals surface area contributed by atoms with Crippen molar-refractivity contribution in [2.45, 2.75) is 76.0 Å². The van der Waals surface area contributed by atoms with Crippen LogP contribution in [0, 0.1) is 31.6 Å². The molecule has 7 atom stereocenters. The summed E-state index contributed by atoms with van der Waals surface area (Å²) in [5.41, 5.74) is 2.68. The van der Waals surface area contributed by atoms with Crippen LogP contribution in [0.4, 0.5) is 5.69 Å². The zero-order valence-corrected chi connectivity index (χ0v) is 21.6. The largest absolute Gasteiger partial charge is 0.394 e. The van der Waals surface area contributed by atoms with Gasteiger partial charge in [0.2, 0.25) is 17.7 Å². The first-order chi connectivity index (χ1) is 16.2. The fraction of sp³-hybridized carbons (Fsp3) is 0.654. The van der Waals surface area contributed by atoms with Gasteiger partial charge >= 0.3 is 0 Å². The molecule has 0 radical (unpaired) electrons. The van der Waals surface area contributed by atoms with Crippen LogP contribution in [0.1, 0.15) is 51.2 Å². The lowest BCUT2D eigenvalue weighted by Crippen LogP contribution is -2.57. The van der Waals surface area contributed by atoms with Crippen molar-refractivity contribution in [2.24, 2.45) is 17.8 Å². The molecule has 1 aromatic rings. The van der Waals surface area contributed by atoms with Gasteiger partial charge in [0.05, 0.1) is 29.2 Å². The number of benzene rings is 1. The Hall–Kier alpha value is -2.06. The molecule has 1 aromatic carbocycles. The Morgan fingerprint density at radius 2 is 1.91 bits per heavy atom. The van der Waals surface area contributed by atoms with Gasteiger partial charge in [-0.1, -0.05) is 39.0 Å². The smallest absolute Gasteiger partial charge is 0.248 e. The van der Waals surface area contributed by atoms with Crippen molar-refractivity contribution in [1.29, 1.82) is 0 Å². The third kappa shape index (κ3) is 3.65. The number of aryl methyl sites for hydroxylation is 2. The highest BCUT2D eigenvalue weighted by Crippen LogP contribution is 2.68. The summed E-state index contributed by atoms with van der Waals surface area (Å²) < 4.78 is -0.681. The summed E-state index contributed by atoms with van der Waals surface area (Å²) in [6, 6.07) is 4.66. The van der Waals surface area contributed by atoms with Gasteiger partial charge in [0.1, 0.15) is 6.04 Å². The Morgan fingerprint density at radius 1 is 1.24 bits per heavy atom. The highest BCUT2D eigenvalue weighted by atomic mass is 32.2. The second-order valence-electron chi connectivity index (χ2n) is 10.1. The molecule has 186 valence electrons. The molecule has 3 unspecified atom stereocenters. The van der Waals surface area contributed by atoms with Crippen LogP contribution >= 0.6 is 11.8 Å². The average molecular weight is 488 g/mol. The van der Waals surface area contributed by atoms with E-state index in [4.69, 9.17) is 0 Å². The van der Waals surface area contributed by atoms with Crippen molar-refractivity contribution < 1.29 is 19.5 Å². The van der Waals surface area contributed by atoms with Gasteiger partial charge in [0.25, 0.3) is 0 Å². The maximum Gasteiger partial charge on any atom is 0.248 e. The Balaban J connectivity index is 1.78. The molecule has 0 aliphatic carbocycles. The number of hydrogen-bond acceptors (Lipinski definition) is 5. The number of likely N-dealkylation sites (tertiary alicyclic amines) is 1. The number of aliphatic hydroxyl groups excluding tert-OH is 1. The average Bonchev–Trinajstić information content (AvgIpc) is 3.40. The molecule has 3 saturated heterocycles. The van der Waals surface area contributed by atoms with Crippen molar-refractivity contribution in [3.8, 4) is 0 Å². The van der Waals surface area contributed by atoms with Crippen LogP contribution in [0.5, 0.6) is 0 Å². The second kappa shape index (κ2) is 9.53. The van der Waals surface area contributed by atoms with Crippen molar-refractivity contribution >= 4 is 35.2 Å². The molecule has 4 rings (SSSR count). The van der Waals surface area contributed by atoms with E-state index < -0.39 is 28.7 Å². The lowest BCUT2D eigenvalue weighted by atomic mass is 9.66. The molecular weight excluding hydrogens is 450 g/mol. The zero-order valence-electron chi connectivity index (χ0n) is 20.8. The maximum absolute atomic E-state index is 14.0. The maximum atomic E-state index is 14.0. The minimum absolute atomic E-state index is 0.0210. The molecule has 34 heavy (non-hydrogen) atoms. The number of para-hydroxylation sites is 1. The standard InChI is InChI=1S/C26H37N3O4S/c1-6-11-27-23(31)19-18-12-16(5)26(34-18)20(19)25(33)29(17(7-2)13-30)22(26)24(32)28-21-14(3)9-8-10-15(21)4/h8-10,16-20,22,30H,6-7,11-13H2,1-5H3,(H,27,31)(H,28,32)/t16?,17-,18+,19-,20-,22?,26?/m0/s1. The van der Waals surface area contributed by atoms with Gasteiger partial charge in [-0.25, -0.2) is 0 Å². The third-order valence-corrected chi connectivity index (χ3v) is 10.2. The minimum Gasteiger partial charge on any atom is -0.394 e. The summed E-state index contributed by atoms with van der Waals surface area (Å²) in [7, 11) is 0. The number of carbonyl (C=O) groups is 3. The lowest BCUT2D eigenvalue weighted by molar-refractivity contribution is -0.142. The van der Waals surface area contributed by atoms with Gasteiger partial charge in [0, 0.05) is 17.5 Å². The summed E-state index contributed by atoms with van der Waals surface area (Å²) in [4.78, 5) is 42.9. The first-order valence-corrected chi connectivity index (χ1v) is 13.4. The Bertz CT molecular complexity index is 961. The summed E-state index contributed by atoms with van der Waals surface area (Å²) in [6.07, 6.45) is 2.16. The molecule has 0 saturated carbocycles. The van der Waals surface area contributed by atoms with E-state index in [1.54, 1.807) is 16.7 Å². The summed E-state index contributed by atoms with van der Waals surface area (Å²) >= 11 is 1.66. The van der Waals surface area contributed by atoms with E-state index in [-0.39, 0.29) is 35.5 Å². The topological polar surface area (TPSA) is 98.7 Å². The number of rotatable bonds is 8. The van der Waals surface area contributed by atoms with Crippen LogP contribution in [0.25, 0.3) is 0 Å². The van der Waals surface area contributed by atoms with Crippen LogP contribution in [-0.4, -0.2) is 63.0 Å². The van der Waals surface area contributed by atoms with Crippen molar-refractivity contribution in [2.75, 3.05) is 18.5 Å². The predicted molar refractivity (Wildman–Crippen MR) is 135 cm³/mol. The zero-order chi connectivity index (χ0) is 24.8. The first kappa shape index (κ1) is 25.0. The molecule has 3 fully saturated rings. The van der Waals surface area contributed by atoms with Crippen LogP contribution in [-0.2, 0) is 14.4 Å². The van der Waals surface area contributed by atoms with Crippen LogP contribution in [0.15, 0.2) is 18.2 Å².